The van der Waals surface area contributed by atoms with E-state index in [0.717, 1.165) is 13.1 Å². The third kappa shape index (κ3) is 3.93. The quantitative estimate of drug-likeness (QED) is 0.818. The highest BCUT2D eigenvalue weighted by Crippen LogP contribution is 2.28. The summed E-state index contributed by atoms with van der Waals surface area (Å²) in [5.74, 6) is 0. The first-order valence-corrected chi connectivity index (χ1v) is 6.78. The van der Waals surface area contributed by atoms with Crippen molar-refractivity contribution in [2.24, 2.45) is 0 Å². The van der Waals surface area contributed by atoms with Crippen molar-refractivity contribution in [3.8, 4) is 0 Å². The van der Waals surface area contributed by atoms with Gasteiger partial charge in [0.25, 0.3) is 11.8 Å². The molecule has 1 fully saturated rings. The molecule has 1 aliphatic rings. The van der Waals surface area contributed by atoms with Crippen LogP contribution in [0, 0.1) is 5.41 Å². The Balaban J connectivity index is 0.00000200. The summed E-state index contributed by atoms with van der Waals surface area (Å²) < 4.78 is 4.90. The largest absolute Gasteiger partial charge is 0.380 e. The summed E-state index contributed by atoms with van der Waals surface area (Å²) in [5, 5.41) is 13.7. The number of hydrogen-bond donors (Lipinski definition) is 1. The Labute approximate surface area is 138 Å². The average molecular weight is 340 g/mol. The first-order chi connectivity index (χ1) is 8.63. The van der Waals surface area contributed by atoms with Crippen molar-refractivity contribution in [3.63, 3.8) is 0 Å². The minimum absolute atomic E-state index is 0. The van der Waals surface area contributed by atoms with Gasteiger partial charge in [0.05, 0.1) is 0 Å². The van der Waals surface area contributed by atoms with Crippen LogP contribution in [0.4, 0.5) is 0 Å². The number of nitrogens with zero attached hydrogens (tertiary/aromatic N) is 4. The summed E-state index contributed by atoms with van der Waals surface area (Å²) >= 11 is 0. The Morgan fingerprint density at radius 2 is 1.67 bits per heavy atom. The van der Waals surface area contributed by atoms with Crippen molar-refractivity contribution in [2.75, 3.05) is 18.1 Å². The first-order valence-electron chi connectivity index (χ1n) is 6.78. The van der Waals surface area contributed by atoms with Crippen molar-refractivity contribution >= 4 is 24.8 Å². The van der Waals surface area contributed by atoms with Crippen LogP contribution >= 0.6 is 24.8 Å². The number of piperazine rings is 1. The van der Waals surface area contributed by atoms with Gasteiger partial charge in [-0.1, -0.05) is 32.5 Å². The standard InChI is InChI=1S/C13H25N5O.2ClH/c1-10(2)16-8-12(3,4)18(13(5,6)9-16)17-7-11(14)19-15-17;;/h7,10,14H,8-9H2,1-6H3;2*1H. The van der Waals surface area contributed by atoms with Crippen LogP contribution in [0.15, 0.2) is 10.7 Å². The predicted octanol–water partition coefficient (Wildman–Crippen LogP) is 1.07. The Kier molecular flexibility index (Phi) is 6.36. The molecule has 1 aliphatic heterocycles. The third-order valence-corrected chi connectivity index (χ3v) is 3.72. The Hall–Kier alpha value is -0.720. The molecular formula is C13H27Cl2N5O. The number of rotatable bonds is 2. The van der Waals surface area contributed by atoms with Crippen LogP contribution in [0.2, 0.25) is 0 Å². The maximum atomic E-state index is 7.51. The second kappa shape index (κ2) is 6.58. The molecule has 6 nitrogen and oxygen atoms in total. The van der Waals surface area contributed by atoms with Gasteiger partial charge in [0.15, 0.2) is 0 Å². The molecule has 0 radical (unpaired) electrons. The zero-order valence-electron chi connectivity index (χ0n) is 13.6. The zero-order chi connectivity index (χ0) is 14.4. The van der Waals surface area contributed by atoms with Gasteiger partial charge < -0.3 is 4.52 Å². The van der Waals surface area contributed by atoms with Gasteiger partial charge in [-0.2, -0.15) is 0 Å². The molecule has 21 heavy (non-hydrogen) atoms. The fraction of sp³-hybridized carbons (Fsp3) is 0.846. The van der Waals surface area contributed by atoms with E-state index in [1.807, 2.05) is 0 Å². The summed E-state index contributed by atoms with van der Waals surface area (Å²) in [6.45, 7) is 15.2. The fourth-order valence-corrected chi connectivity index (χ4v) is 3.26. The number of aromatic nitrogens is 2. The molecule has 2 rings (SSSR count). The lowest BCUT2D eigenvalue weighted by atomic mass is 9.89. The lowest BCUT2D eigenvalue weighted by Crippen LogP contribution is -2.82. The molecule has 0 spiro atoms. The molecule has 0 atom stereocenters. The van der Waals surface area contributed by atoms with Gasteiger partial charge in [-0.25, -0.2) is 0 Å². The van der Waals surface area contributed by atoms with Gasteiger partial charge in [0, 0.05) is 30.2 Å². The van der Waals surface area contributed by atoms with Crippen molar-refractivity contribution < 1.29 is 9.31 Å². The zero-order valence-corrected chi connectivity index (χ0v) is 15.2. The second-order valence-electron chi connectivity index (χ2n) is 6.92. The van der Waals surface area contributed by atoms with Crippen LogP contribution in [-0.2, 0) is 0 Å². The van der Waals surface area contributed by atoms with Crippen molar-refractivity contribution in [1.82, 2.24) is 10.2 Å². The van der Waals surface area contributed by atoms with Crippen LogP contribution < -0.4 is 20.6 Å². The summed E-state index contributed by atoms with van der Waals surface area (Å²) in [7, 11) is 0. The minimum atomic E-state index is -0.0833. The number of halogens is 2. The molecule has 8 heteroatoms. The summed E-state index contributed by atoms with van der Waals surface area (Å²) in [6.07, 6.45) is 1.62. The minimum Gasteiger partial charge on any atom is -0.380 e. The van der Waals surface area contributed by atoms with Gasteiger partial charge in [-0.05, 0) is 19.1 Å². The monoisotopic (exact) mass is 339 g/mol. The molecule has 0 bridgehead atoms. The smallest absolute Gasteiger partial charge is 0.286 e. The topological polar surface area (TPSA) is 61.5 Å². The van der Waals surface area contributed by atoms with Crippen LogP contribution in [-0.4, -0.2) is 35.1 Å². The fourth-order valence-electron chi connectivity index (χ4n) is 3.26. The first kappa shape index (κ1) is 20.3. The van der Waals surface area contributed by atoms with E-state index in [-0.39, 0.29) is 41.4 Å². The molecular weight excluding hydrogens is 313 g/mol. The highest BCUT2D eigenvalue weighted by molar-refractivity contribution is 5.85. The highest BCUT2D eigenvalue weighted by Gasteiger charge is 2.45. The Morgan fingerprint density at radius 3 is 2.00 bits per heavy atom. The van der Waals surface area contributed by atoms with E-state index in [1.54, 1.807) is 11.0 Å². The van der Waals surface area contributed by atoms with E-state index >= 15 is 0 Å². The lowest BCUT2D eigenvalue weighted by Gasteiger charge is -2.57. The van der Waals surface area contributed by atoms with E-state index < -0.39 is 0 Å². The van der Waals surface area contributed by atoms with Crippen LogP contribution in [0.3, 0.4) is 0 Å². The van der Waals surface area contributed by atoms with Crippen LogP contribution in [0.5, 0.6) is 0 Å². The van der Waals surface area contributed by atoms with E-state index in [2.05, 4.69) is 56.7 Å². The summed E-state index contributed by atoms with van der Waals surface area (Å²) in [6, 6.07) is 0.523. The third-order valence-electron chi connectivity index (χ3n) is 3.72. The molecule has 0 unspecified atom stereocenters. The number of nitrogens with one attached hydrogen (secondary N) is 1. The van der Waals surface area contributed by atoms with Crippen molar-refractivity contribution in [1.29, 1.82) is 5.41 Å². The average Bonchev–Trinajstić information content (AvgIpc) is 2.60. The molecule has 1 aromatic heterocycles. The predicted molar refractivity (Wildman–Crippen MR) is 85.7 cm³/mol. The maximum absolute atomic E-state index is 7.51. The van der Waals surface area contributed by atoms with E-state index in [9.17, 15) is 0 Å². The molecule has 0 aromatic carbocycles. The molecule has 1 saturated heterocycles. The number of hydrogen-bond acceptors (Lipinski definition) is 4. The van der Waals surface area contributed by atoms with Gasteiger partial charge in [0.2, 0.25) is 0 Å². The van der Waals surface area contributed by atoms with Crippen LogP contribution in [0.1, 0.15) is 41.5 Å². The van der Waals surface area contributed by atoms with Crippen molar-refractivity contribution in [3.05, 3.63) is 11.8 Å². The summed E-state index contributed by atoms with van der Waals surface area (Å²) in [5.41, 5.74) is -0.0853. The molecule has 0 saturated carbocycles. The van der Waals surface area contributed by atoms with Gasteiger partial charge >= 0.3 is 0 Å². The Morgan fingerprint density at radius 1 is 1.19 bits per heavy atom. The molecule has 124 valence electrons. The van der Waals surface area contributed by atoms with Gasteiger partial charge in [-0.15, -0.1) is 24.8 Å². The molecule has 2 heterocycles. The van der Waals surface area contributed by atoms with Gasteiger partial charge in [0.1, 0.15) is 0 Å². The maximum Gasteiger partial charge on any atom is 0.286 e. The SMILES string of the molecule is CC(C)N1CC(C)(C)N([n+]2cc(=N)o[n-]2)C(C)(C)C1.Cl.Cl. The van der Waals surface area contributed by atoms with Crippen LogP contribution in [0.25, 0.3) is 0 Å². The molecule has 0 amide bonds. The highest BCUT2D eigenvalue weighted by atomic mass is 35.5. The van der Waals surface area contributed by atoms with E-state index in [4.69, 9.17) is 9.93 Å². The lowest BCUT2D eigenvalue weighted by molar-refractivity contribution is -0.779. The van der Waals surface area contributed by atoms with Crippen molar-refractivity contribution in [2.45, 2.75) is 58.7 Å². The summed E-state index contributed by atoms with van der Waals surface area (Å²) in [4.78, 5) is 4.17. The normalized spacial score (nSPS) is 20.8. The molecule has 0 aliphatic carbocycles. The van der Waals surface area contributed by atoms with E-state index in [1.165, 1.54) is 0 Å². The Bertz CT molecular complexity index is 491. The molecule has 1 N–H and O–H groups in total. The van der Waals surface area contributed by atoms with E-state index in [0.29, 0.717) is 6.04 Å². The second-order valence-corrected chi connectivity index (χ2v) is 6.92. The molecule has 1 aromatic rings. The van der Waals surface area contributed by atoms with Gasteiger partial charge in [-0.3, -0.25) is 15.3 Å².